The topological polar surface area (TPSA) is 131 Å². The molecule has 1 saturated carbocycles. The molecule has 0 aromatic heterocycles. The number of non-ortho nitro benzene ring substituents is 1. The largest absolute Gasteiger partial charge is 0.377 e. The first-order valence-electron chi connectivity index (χ1n) is 13.7. The predicted octanol–water partition coefficient (Wildman–Crippen LogP) is 2.45. The van der Waals surface area contributed by atoms with Crippen molar-refractivity contribution in [1.29, 1.82) is 0 Å². The van der Waals surface area contributed by atoms with Crippen LogP contribution >= 0.6 is 0 Å². The molecule has 2 amide bonds. The average molecular weight is 516 g/mol. The van der Waals surface area contributed by atoms with Crippen LogP contribution in [0.25, 0.3) is 0 Å². The van der Waals surface area contributed by atoms with Crippen molar-refractivity contribution in [2.75, 3.05) is 32.8 Å². The summed E-state index contributed by atoms with van der Waals surface area (Å²) in [4.78, 5) is 40.5. The maximum Gasteiger partial charge on any atom is 0.269 e. The van der Waals surface area contributed by atoms with Gasteiger partial charge in [-0.3, -0.25) is 24.6 Å². The SMILES string of the molecule is CC(=O)N1CC(N(Cc2ccc([N+](=O)[O-])cc2)CC2CCCO2)CC1C(=O)NCC1CCCC(CN)C1. The van der Waals surface area contributed by atoms with Crippen molar-refractivity contribution in [3.05, 3.63) is 39.9 Å². The second kappa shape index (κ2) is 12.8. The van der Waals surface area contributed by atoms with Crippen molar-refractivity contribution in [3.63, 3.8) is 0 Å². The number of ether oxygens (including phenoxy) is 1. The average Bonchev–Trinajstić information content (AvgIpc) is 3.58. The Morgan fingerprint density at radius 1 is 1.16 bits per heavy atom. The fourth-order valence-corrected chi connectivity index (χ4v) is 6.19. The molecule has 1 aromatic rings. The Bertz CT molecular complexity index is 936. The number of nitrogens with one attached hydrogen (secondary N) is 1. The van der Waals surface area contributed by atoms with E-state index in [4.69, 9.17) is 10.5 Å². The highest BCUT2D eigenvalue weighted by Gasteiger charge is 2.41. The van der Waals surface area contributed by atoms with Gasteiger partial charge >= 0.3 is 0 Å². The summed E-state index contributed by atoms with van der Waals surface area (Å²) in [6.45, 7) is 5.35. The van der Waals surface area contributed by atoms with Crippen molar-refractivity contribution in [1.82, 2.24) is 15.1 Å². The Hall–Kier alpha value is -2.56. The Labute approximate surface area is 219 Å². The van der Waals surface area contributed by atoms with Gasteiger partial charge in [0.1, 0.15) is 6.04 Å². The van der Waals surface area contributed by atoms with Crippen molar-refractivity contribution < 1.29 is 19.2 Å². The minimum Gasteiger partial charge on any atom is -0.377 e. The van der Waals surface area contributed by atoms with Gasteiger partial charge in [-0.2, -0.15) is 0 Å². The molecule has 1 aromatic carbocycles. The van der Waals surface area contributed by atoms with Crippen LogP contribution in [-0.2, 0) is 20.9 Å². The molecule has 0 radical (unpaired) electrons. The van der Waals surface area contributed by atoms with Gasteiger partial charge in [0.2, 0.25) is 11.8 Å². The molecule has 5 unspecified atom stereocenters. The van der Waals surface area contributed by atoms with Crippen molar-refractivity contribution in [2.24, 2.45) is 17.6 Å². The van der Waals surface area contributed by atoms with Crippen LogP contribution in [0.15, 0.2) is 24.3 Å². The first-order valence-corrected chi connectivity index (χ1v) is 13.7. The van der Waals surface area contributed by atoms with Gasteiger partial charge in [-0.1, -0.05) is 18.6 Å². The highest BCUT2D eigenvalue weighted by atomic mass is 16.6. The Balaban J connectivity index is 1.43. The van der Waals surface area contributed by atoms with Gasteiger partial charge in [0.15, 0.2) is 0 Å². The number of carbonyl (C=O) groups excluding carboxylic acids is 2. The van der Waals surface area contributed by atoms with Crippen LogP contribution in [0.1, 0.15) is 57.4 Å². The minimum atomic E-state index is -0.500. The Kier molecular flexibility index (Phi) is 9.50. The number of benzene rings is 1. The van der Waals surface area contributed by atoms with Gasteiger partial charge in [0.05, 0.1) is 11.0 Å². The first kappa shape index (κ1) is 27.5. The Morgan fingerprint density at radius 2 is 1.92 bits per heavy atom. The molecule has 5 atom stereocenters. The van der Waals surface area contributed by atoms with E-state index in [9.17, 15) is 19.7 Å². The Morgan fingerprint density at radius 3 is 2.57 bits per heavy atom. The van der Waals surface area contributed by atoms with Gasteiger partial charge < -0.3 is 20.7 Å². The van der Waals surface area contributed by atoms with E-state index in [1.54, 1.807) is 17.0 Å². The zero-order chi connectivity index (χ0) is 26.4. The summed E-state index contributed by atoms with van der Waals surface area (Å²) in [6.07, 6.45) is 7.13. The van der Waals surface area contributed by atoms with Crippen LogP contribution in [0, 0.1) is 22.0 Å². The predicted molar refractivity (Wildman–Crippen MR) is 140 cm³/mol. The molecular weight excluding hydrogens is 474 g/mol. The molecule has 0 bridgehead atoms. The smallest absolute Gasteiger partial charge is 0.269 e. The van der Waals surface area contributed by atoms with Crippen LogP contribution in [0.5, 0.6) is 0 Å². The van der Waals surface area contributed by atoms with E-state index >= 15 is 0 Å². The fraction of sp³-hybridized carbons (Fsp3) is 0.704. The lowest BCUT2D eigenvalue weighted by atomic mass is 9.81. The number of rotatable bonds is 10. The van der Waals surface area contributed by atoms with E-state index in [1.165, 1.54) is 25.5 Å². The molecular formula is C27H41N5O5. The highest BCUT2D eigenvalue weighted by molar-refractivity contribution is 5.87. The lowest BCUT2D eigenvalue weighted by Gasteiger charge is -2.31. The molecule has 37 heavy (non-hydrogen) atoms. The van der Waals surface area contributed by atoms with Gasteiger partial charge in [0, 0.05) is 57.9 Å². The zero-order valence-corrected chi connectivity index (χ0v) is 21.8. The van der Waals surface area contributed by atoms with Crippen molar-refractivity contribution in [3.8, 4) is 0 Å². The molecule has 1 aliphatic carbocycles. The van der Waals surface area contributed by atoms with Crippen LogP contribution in [0.2, 0.25) is 0 Å². The molecule has 204 valence electrons. The maximum atomic E-state index is 13.3. The third-order valence-electron chi connectivity index (χ3n) is 8.29. The lowest BCUT2D eigenvalue weighted by Crippen LogP contribution is -2.46. The molecule has 3 fully saturated rings. The van der Waals surface area contributed by atoms with E-state index in [2.05, 4.69) is 10.2 Å². The van der Waals surface area contributed by atoms with Crippen molar-refractivity contribution >= 4 is 17.5 Å². The number of hydrogen-bond donors (Lipinski definition) is 2. The van der Waals surface area contributed by atoms with Crippen LogP contribution in [-0.4, -0.2) is 77.5 Å². The molecule has 10 nitrogen and oxygen atoms in total. The third-order valence-corrected chi connectivity index (χ3v) is 8.29. The number of hydrogen-bond acceptors (Lipinski definition) is 7. The number of amides is 2. The summed E-state index contributed by atoms with van der Waals surface area (Å²) in [5.74, 6) is 0.786. The summed E-state index contributed by atoms with van der Waals surface area (Å²) in [5.41, 5.74) is 6.89. The van der Waals surface area contributed by atoms with Gasteiger partial charge in [-0.15, -0.1) is 0 Å². The molecule has 3 N–H and O–H groups in total. The van der Waals surface area contributed by atoms with E-state index in [1.807, 2.05) is 0 Å². The van der Waals surface area contributed by atoms with E-state index in [0.717, 1.165) is 44.3 Å². The lowest BCUT2D eigenvalue weighted by molar-refractivity contribution is -0.384. The van der Waals surface area contributed by atoms with Crippen LogP contribution in [0.4, 0.5) is 5.69 Å². The number of likely N-dealkylation sites (tertiary alicyclic amines) is 1. The maximum absolute atomic E-state index is 13.3. The zero-order valence-electron chi connectivity index (χ0n) is 21.8. The second-order valence-corrected chi connectivity index (χ2v) is 10.9. The molecule has 2 heterocycles. The third kappa shape index (κ3) is 7.27. The van der Waals surface area contributed by atoms with E-state index in [-0.39, 0.29) is 29.6 Å². The van der Waals surface area contributed by atoms with Crippen LogP contribution in [0.3, 0.4) is 0 Å². The van der Waals surface area contributed by atoms with Gasteiger partial charge in [-0.05, 0) is 62.5 Å². The van der Waals surface area contributed by atoms with E-state index < -0.39 is 11.0 Å². The summed E-state index contributed by atoms with van der Waals surface area (Å²) in [6, 6.07) is 6.10. The first-order chi connectivity index (χ1) is 17.8. The summed E-state index contributed by atoms with van der Waals surface area (Å²) in [7, 11) is 0. The molecule has 3 aliphatic rings. The normalized spacial score (nSPS) is 28.0. The molecule has 0 spiro atoms. The monoisotopic (exact) mass is 515 g/mol. The number of carbonyl (C=O) groups is 2. The molecule has 4 rings (SSSR count). The highest BCUT2D eigenvalue weighted by Crippen LogP contribution is 2.29. The summed E-state index contributed by atoms with van der Waals surface area (Å²) in [5, 5.41) is 14.2. The second-order valence-electron chi connectivity index (χ2n) is 10.9. The minimum absolute atomic E-state index is 0.00431. The summed E-state index contributed by atoms with van der Waals surface area (Å²) < 4.78 is 5.90. The number of nitrogens with two attached hydrogens (primary N) is 1. The van der Waals surface area contributed by atoms with Gasteiger partial charge in [-0.25, -0.2) is 0 Å². The number of nitro groups is 1. The number of nitro benzene ring substituents is 1. The molecule has 10 heteroatoms. The van der Waals surface area contributed by atoms with Gasteiger partial charge in [0.25, 0.3) is 5.69 Å². The molecule has 2 aliphatic heterocycles. The fourth-order valence-electron chi connectivity index (χ4n) is 6.19. The molecule has 2 saturated heterocycles. The summed E-state index contributed by atoms with van der Waals surface area (Å²) >= 11 is 0. The quantitative estimate of drug-likeness (QED) is 0.361. The standard InChI is InChI=1S/C27H41N5O5/c1-19(33)31-17-24(13-26(31)27(34)29-15-22-5-2-4-21(12-22)14-28)30(18-25-6-3-11-37-25)16-20-7-9-23(10-8-20)32(35)36/h7-10,21-22,24-26H,2-6,11-18,28H2,1H3,(H,29,34). The van der Waals surface area contributed by atoms with E-state index in [0.29, 0.717) is 51.0 Å². The number of nitrogens with zero attached hydrogens (tertiary/aromatic N) is 3. The van der Waals surface area contributed by atoms with Crippen LogP contribution < -0.4 is 11.1 Å². The van der Waals surface area contributed by atoms with Crippen molar-refractivity contribution in [2.45, 2.75) is 76.6 Å².